The highest BCUT2D eigenvalue weighted by Gasteiger charge is 2.03. The first-order chi connectivity index (χ1) is 6.81. The maximum absolute atomic E-state index is 8.73. The van der Waals surface area contributed by atoms with Crippen LogP contribution in [0.3, 0.4) is 0 Å². The Bertz CT molecular complexity index is 342. The van der Waals surface area contributed by atoms with Crippen molar-refractivity contribution in [2.75, 3.05) is 18.5 Å². The lowest BCUT2D eigenvalue weighted by Crippen LogP contribution is -2.01. The maximum atomic E-state index is 8.73. The molecule has 0 aliphatic rings. The first-order valence-corrected chi connectivity index (χ1v) is 4.72. The third-order valence-corrected chi connectivity index (χ3v) is 1.78. The Morgan fingerprint density at radius 1 is 1.43 bits per heavy atom. The van der Waals surface area contributed by atoms with E-state index in [2.05, 4.69) is 11.4 Å². The normalized spacial score (nSPS) is 9.21. The first kappa shape index (κ1) is 10.4. The number of nitriles is 1. The van der Waals surface area contributed by atoms with E-state index >= 15 is 0 Å². The van der Waals surface area contributed by atoms with Crippen molar-refractivity contribution >= 4 is 5.69 Å². The second-order valence-electron chi connectivity index (χ2n) is 2.79. The van der Waals surface area contributed by atoms with Gasteiger partial charge in [0, 0.05) is 6.54 Å². The molecule has 0 aliphatic heterocycles. The van der Waals surface area contributed by atoms with Gasteiger partial charge in [-0.2, -0.15) is 5.26 Å². The molecule has 1 aromatic rings. The van der Waals surface area contributed by atoms with Crippen molar-refractivity contribution in [2.45, 2.75) is 13.8 Å². The molecule has 0 unspecified atom stereocenters. The molecule has 1 rings (SSSR count). The standard InChI is InChI=1S/C11H14N2O/c1-3-13-10-7-9(8-12)5-6-11(10)14-4-2/h5-7,13H,3-4H2,1-2H3. The van der Waals surface area contributed by atoms with Crippen LogP contribution < -0.4 is 10.1 Å². The summed E-state index contributed by atoms with van der Waals surface area (Å²) in [5.74, 6) is 0.799. The van der Waals surface area contributed by atoms with Crippen molar-refractivity contribution in [3.63, 3.8) is 0 Å². The molecule has 3 nitrogen and oxygen atoms in total. The topological polar surface area (TPSA) is 45.0 Å². The highest BCUT2D eigenvalue weighted by molar-refractivity contribution is 5.59. The van der Waals surface area contributed by atoms with E-state index in [4.69, 9.17) is 10.00 Å². The molecule has 0 saturated heterocycles. The monoisotopic (exact) mass is 190 g/mol. The Morgan fingerprint density at radius 2 is 2.21 bits per heavy atom. The van der Waals surface area contributed by atoms with Crippen molar-refractivity contribution in [1.29, 1.82) is 5.26 Å². The molecule has 3 heteroatoms. The number of anilines is 1. The number of hydrogen-bond donors (Lipinski definition) is 1. The highest BCUT2D eigenvalue weighted by Crippen LogP contribution is 2.25. The third kappa shape index (κ3) is 2.40. The van der Waals surface area contributed by atoms with Gasteiger partial charge in [0.15, 0.2) is 0 Å². The van der Waals surface area contributed by atoms with E-state index in [1.165, 1.54) is 0 Å². The van der Waals surface area contributed by atoms with Gasteiger partial charge in [-0.05, 0) is 32.0 Å². The van der Waals surface area contributed by atoms with Crippen LogP contribution in [0, 0.1) is 11.3 Å². The predicted octanol–water partition coefficient (Wildman–Crippen LogP) is 2.39. The van der Waals surface area contributed by atoms with Crippen LogP contribution in [0.25, 0.3) is 0 Å². The second-order valence-corrected chi connectivity index (χ2v) is 2.79. The van der Waals surface area contributed by atoms with E-state index in [1.54, 1.807) is 12.1 Å². The first-order valence-electron chi connectivity index (χ1n) is 4.72. The molecular formula is C11H14N2O. The van der Waals surface area contributed by atoms with Crippen LogP contribution in [0.4, 0.5) is 5.69 Å². The summed E-state index contributed by atoms with van der Waals surface area (Å²) >= 11 is 0. The molecule has 0 aliphatic carbocycles. The molecule has 1 aromatic carbocycles. The van der Waals surface area contributed by atoms with Gasteiger partial charge in [0.25, 0.3) is 0 Å². The number of benzene rings is 1. The summed E-state index contributed by atoms with van der Waals surface area (Å²) < 4.78 is 5.42. The minimum atomic E-state index is 0.629. The number of nitrogens with zero attached hydrogens (tertiary/aromatic N) is 1. The Labute approximate surface area is 84.3 Å². The lowest BCUT2D eigenvalue weighted by Gasteiger charge is -2.10. The van der Waals surface area contributed by atoms with Crippen LogP contribution in [0.2, 0.25) is 0 Å². The van der Waals surface area contributed by atoms with Crippen LogP contribution in [0.1, 0.15) is 19.4 Å². The maximum Gasteiger partial charge on any atom is 0.142 e. The van der Waals surface area contributed by atoms with Crippen LogP contribution in [0.15, 0.2) is 18.2 Å². The van der Waals surface area contributed by atoms with E-state index in [9.17, 15) is 0 Å². The molecule has 0 heterocycles. The minimum Gasteiger partial charge on any atom is -0.492 e. The highest BCUT2D eigenvalue weighted by atomic mass is 16.5. The number of rotatable bonds is 4. The Morgan fingerprint density at radius 3 is 2.79 bits per heavy atom. The summed E-state index contributed by atoms with van der Waals surface area (Å²) in [6.45, 7) is 5.39. The molecular weight excluding hydrogens is 176 g/mol. The van der Waals surface area contributed by atoms with Crippen LogP contribution >= 0.6 is 0 Å². The molecule has 1 N–H and O–H groups in total. The van der Waals surface area contributed by atoms with E-state index in [0.717, 1.165) is 18.0 Å². The van der Waals surface area contributed by atoms with E-state index in [0.29, 0.717) is 12.2 Å². The van der Waals surface area contributed by atoms with E-state index in [1.807, 2.05) is 19.9 Å². The molecule has 0 aromatic heterocycles. The lowest BCUT2D eigenvalue weighted by atomic mass is 10.2. The van der Waals surface area contributed by atoms with Gasteiger partial charge in [0.2, 0.25) is 0 Å². The molecule has 0 atom stereocenters. The molecule has 0 spiro atoms. The lowest BCUT2D eigenvalue weighted by molar-refractivity contribution is 0.341. The van der Waals surface area contributed by atoms with Crippen molar-refractivity contribution in [3.8, 4) is 11.8 Å². The van der Waals surface area contributed by atoms with Gasteiger partial charge >= 0.3 is 0 Å². The van der Waals surface area contributed by atoms with Gasteiger partial charge in [0.1, 0.15) is 5.75 Å². The summed E-state index contributed by atoms with van der Waals surface area (Å²) in [4.78, 5) is 0. The number of ether oxygens (including phenoxy) is 1. The van der Waals surface area contributed by atoms with Gasteiger partial charge in [-0.3, -0.25) is 0 Å². The van der Waals surface area contributed by atoms with Crippen LogP contribution in [0.5, 0.6) is 5.75 Å². The quantitative estimate of drug-likeness (QED) is 0.792. The predicted molar refractivity (Wildman–Crippen MR) is 56.5 cm³/mol. The van der Waals surface area contributed by atoms with Crippen molar-refractivity contribution in [3.05, 3.63) is 23.8 Å². The molecule has 74 valence electrons. The molecule has 0 radical (unpaired) electrons. The van der Waals surface area contributed by atoms with Gasteiger partial charge in [0.05, 0.1) is 23.9 Å². The number of hydrogen-bond acceptors (Lipinski definition) is 3. The molecule has 0 amide bonds. The van der Waals surface area contributed by atoms with Crippen molar-refractivity contribution in [2.24, 2.45) is 0 Å². The van der Waals surface area contributed by atoms with Crippen LogP contribution in [-0.2, 0) is 0 Å². The summed E-state index contributed by atoms with van der Waals surface area (Å²) in [7, 11) is 0. The van der Waals surface area contributed by atoms with Gasteiger partial charge < -0.3 is 10.1 Å². The second kappa shape index (κ2) is 5.13. The van der Waals surface area contributed by atoms with E-state index < -0.39 is 0 Å². The summed E-state index contributed by atoms with van der Waals surface area (Å²) in [5, 5.41) is 11.9. The average molecular weight is 190 g/mol. The van der Waals surface area contributed by atoms with Gasteiger partial charge in [-0.25, -0.2) is 0 Å². The molecule has 0 saturated carbocycles. The number of nitrogens with one attached hydrogen (secondary N) is 1. The largest absolute Gasteiger partial charge is 0.492 e. The minimum absolute atomic E-state index is 0.629. The Kier molecular flexibility index (Phi) is 3.81. The van der Waals surface area contributed by atoms with E-state index in [-0.39, 0.29) is 0 Å². The van der Waals surface area contributed by atoms with Gasteiger partial charge in [-0.15, -0.1) is 0 Å². The summed E-state index contributed by atoms with van der Waals surface area (Å²) in [6.07, 6.45) is 0. The Hall–Kier alpha value is -1.69. The summed E-state index contributed by atoms with van der Waals surface area (Å²) in [6, 6.07) is 7.47. The zero-order valence-corrected chi connectivity index (χ0v) is 8.50. The fourth-order valence-corrected chi connectivity index (χ4v) is 1.21. The fourth-order valence-electron chi connectivity index (χ4n) is 1.21. The molecule has 14 heavy (non-hydrogen) atoms. The van der Waals surface area contributed by atoms with Gasteiger partial charge in [-0.1, -0.05) is 0 Å². The van der Waals surface area contributed by atoms with Crippen molar-refractivity contribution in [1.82, 2.24) is 0 Å². The van der Waals surface area contributed by atoms with Crippen LogP contribution in [-0.4, -0.2) is 13.2 Å². The smallest absolute Gasteiger partial charge is 0.142 e. The van der Waals surface area contributed by atoms with Crippen molar-refractivity contribution < 1.29 is 4.74 Å². The zero-order valence-electron chi connectivity index (χ0n) is 8.50. The molecule has 0 bridgehead atoms. The SMILES string of the molecule is CCNc1cc(C#N)ccc1OCC. The average Bonchev–Trinajstić information content (AvgIpc) is 2.21. The zero-order chi connectivity index (χ0) is 10.4. The third-order valence-electron chi connectivity index (χ3n) is 1.78. The molecule has 0 fully saturated rings. The Balaban J connectivity index is 2.98. The summed E-state index contributed by atoms with van der Waals surface area (Å²) in [5.41, 5.74) is 1.53. The fraction of sp³-hybridized carbons (Fsp3) is 0.364.